The lowest BCUT2D eigenvalue weighted by atomic mass is 10.1. The van der Waals surface area contributed by atoms with Gasteiger partial charge in [0.1, 0.15) is 18.5 Å². The van der Waals surface area contributed by atoms with E-state index in [0.717, 1.165) is 29.5 Å². The van der Waals surface area contributed by atoms with Crippen LogP contribution in [0.5, 0.6) is 5.75 Å². The van der Waals surface area contributed by atoms with Crippen LogP contribution in [0.3, 0.4) is 0 Å². The normalized spacial score (nSPS) is 16.6. The van der Waals surface area contributed by atoms with E-state index >= 15 is 0 Å². The maximum absolute atomic E-state index is 13.7. The SMILES string of the molecule is O=C(c1ccc(-c2ccn[nH]2)cc1)N1CCOC(COc2cc(F)ccc2F)C1. The molecule has 29 heavy (non-hydrogen) atoms. The number of aromatic nitrogens is 2. The monoisotopic (exact) mass is 399 g/mol. The maximum atomic E-state index is 13.7. The number of ether oxygens (including phenoxy) is 2. The quantitative estimate of drug-likeness (QED) is 0.715. The molecular formula is C21H19F2N3O3. The molecule has 0 spiro atoms. The Balaban J connectivity index is 1.37. The molecule has 0 radical (unpaired) electrons. The molecule has 150 valence electrons. The number of hydrogen-bond acceptors (Lipinski definition) is 4. The number of hydrogen-bond donors (Lipinski definition) is 1. The lowest BCUT2D eigenvalue weighted by Gasteiger charge is -2.33. The second-order valence-electron chi connectivity index (χ2n) is 6.68. The van der Waals surface area contributed by atoms with Crippen molar-refractivity contribution >= 4 is 5.91 Å². The van der Waals surface area contributed by atoms with Crippen molar-refractivity contribution in [3.63, 3.8) is 0 Å². The van der Waals surface area contributed by atoms with Gasteiger partial charge in [-0.1, -0.05) is 12.1 Å². The molecule has 1 N–H and O–H groups in total. The van der Waals surface area contributed by atoms with E-state index < -0.39 is 17.7 Å². The Kier molecular flexibility index (Phi) is 5.53. The van der Waals surface area contributed by atoms with Gasteiger partial charge in [0.05, 0.1) is 18.8 Å². The van der Waals surface area contributed by atoms with Gasteiger partial charge in [-0.3, -0.25) is 9.89 Å². The lowest BCUT2D eigenvalue weighted by molar-refractivity contribution is -0.0406. The highest BCUT2D eigenvalue weighted by Gasteiger charge is 2.26. The van der Waals surface area contributed by atoms with Crippen molar-refractivity contribution < 1.29 is 23.0 Å². The summed E-state index contributed by atoms with van der Waals surface area (Å²) in [6, 6.07) is 12.1. The third kappa shape index (κ3) is 4.43. The van der Waals surface area contributed by atoms with E-state index in [9.17, 15) is 13.6 Å². The van der Waals surface area contributed by atoms with E-state index in [1.807, 2.05) is 18.2 Å². The van der Waals surface area contributed by atoms with Crippen LogP contribution in [-0.4, -0.2) is 53.4 Å². The largest absolute Gasteiger partial charge is 0.488 e. The van der Waals surface area contributed by atoms with Crippen molar-refractivity contribution in [2.24, 2.45) is 0 Å². The van der Waals surface area contributed by atoms with Gasteiger partial charge in [0.2, 0.25) is 0 Å². The van der Waals surface area contributed by atoms with Gasteiger partial charge < -0.3 is 14.4 Å². The Morgan fingerprint density at radius 3 is 2.79 bits per heavy atom. The predicted molar refractivity (Wildman–Crippen MR) is 102 cm³/mol. The fraction of sp³-hybridized carbons (Fsp3) is 0.238. The zero-order valence-electron chi connectivity index (χ0n) is 15.5. The molecule has 8 heteroatoms. The summed E-state index contributed by atoms with van der Waals surface area (Å²) >= 11 is 0. The van der Waals surface area contributed by atoms with Crippen molar-refractivity contribution in [2.45, 2.75) is 6.10 Å². The van der Waals surface area contributed by atoms with E-state index in [1.54, 1.807) is 23.2 Å². The molecule has 2 heterocycles. The number of carbonyl (C=O) groups is 1. The van der Waals surface area contributed by atoms with Crippen molar-refractivity contribution in [3.05, 3.63) is 71.9 Å². The number of nitrogens with zero attached hydrogens (tertiary/aromatic N) is 2. The number of H-pyrrole nitrogens is 1. The molecule has 0 saturated carbocycles. The highest BCUT2D eigenvalue weighted by molar-refractivity contribution is 5.94. The first-order valence-corrected chi connectivity index (χ1v) is 9.19. The molecular weight excluding hydrogens is 380 g/mol. The van der Waals surface area contributed by atoms with Crippen LogP contribution in [-0.2, 0) is 4.74 Å². The summed E-state index contributed by atoms with van der Waals surface area (Å²) in [6.07, 6.45) is 1.24. The van der Waals surface area contributed by atoms with E-state index in [4.69, 9.17) is 9.47 Å². The fourth-order valence-corrected chi connectivity index (χ4v) is 3.17. The van der Waals surface area contributed by atoms with Crippen molar-refractivity contribution in [3.8, 4) is 17.0 Å². The van der Waals surface area contributed by atoms with E-state index in [1.165, 1.54) is 0 Å². The fourth-order valence-electron chi connectivity index (χ4n) is 3.17. The summed E-state index contributed by atoms with van der Waals surface area (Å²) in [5.41, 5.74) is 2.37. The van der Waals surface area contributed by atoms with Crippen LogP contribution in [0.2, 0.25) is 0 Å². The number of morpholine rings is 1. The molecule has 3 aromatic rings. The van der Waals surface area contributed by atoms with Gasteiger partial charge in [-0.25, -0.2) is 8.78 Å². The number of aromatic amines is 1. The highest BCUT2D eigenvalue weighted by atomic mass is 19.1. The molecule has 2 aromatic carbocycles. The second kappa shape index (κ2) is 8.40. The summed E-state index contributed by atoms with van der Waals surface area (Å²) in [4.78, 5) is 14.5. The van der Waals surface area contributed by atoms with Gasteiger partial charge in [-0.15, -0.1) is 0 Å². The van der Waals surface area contributed by atoms with Gasteiger partial charge >= 0.3 is 0 Å². The van der Waals surface area contributed by atoms with Crippen LogP contribution in [0.15, 0.2) is 54.7 Å². The molecule has 6 nitrogen and oxygen atoms in total. The summed E-state index contributed by atoms with van der Waals surface area (Å²) in [5, 5.41) is 6.80. The number of rotatable bonds is 5. The predicted octanol–water partition coefficient (Wildman–Crippen LogP) is 3.27. The number of carbonyl (C=O) groups excluding carboxylic acids is 1. The highest BCUT2D eigenvalue weighted by Crippen LogP contribution is 2.20. The summed E-state index contributed by atoms with van der Waals surface area (Å²) < 4.78 is 37.9. The molecule has 0 bridgehead atoms. The minimum Gasteiger partial charge on any atom is -0.488 e. The van der Waals surface area contributed by atoms with Crippen molar-refractivity contribution in [1.82, 2.24) is 15.1 Å². The zero-order chi connectivity index (χ0) is 20.2. The van der Waals surface area contributed by atoms with Crippen LogP contribution in [0.25, 0.3) is 11.3 Å². The zero-order valence-corrected chi connectivity index (χ0v) is 15.5. The van der Waals surface area contributed by atoms with Gasteiger partial charge in [-0.05, 0) is 35.9 Å². The smallest absolute Gasteiger partial charge is 0.254 e. The van der Waals surface area contributed by atoms with E-state index in [-0.39, 0.29) is 18.3 Å². The van der Waals surface area contributed by atoms with Crippen LogP contribution in [0.1, 0.15) is 10.4 Å². The average molecular weight is 399 g/mol. The number of halogens is 2. The first-order valence-electron chi connectivity index (χ1n) is 9.19. The molecule has 1 unspecified atom stereocenters. The standard InChI is InChI=1S/C21H19F2N3O3/c22-16-5-6-18(23)20(11-16)29-13-17-12-26(9-10-28-17)21(27)15-3-1-14(2-4-15)19-7-8-24-25-19/h1-8,11,17H,9-10,12-13H2,(H,24,25). The molecule has 1 aliphatic rings. The topological polar surface area (TPSA) is 67.5 Å². The molecule has 1 fully saturated rings. The van der Waals surface area contributed by atoms with E-state index in [0.29, 0.717) is 25.3 Å². The van der Waals surface area contributed by atoms with Gasteiger partial charge in [0.25, 0.3) is 5.91 Å². The Hall–Kier alpha value is -3.26. The van der Waals surface area contributed by atoms with Crippen molar-refractivity contribution in [2.75, 3.05) is 26.3 Å². The Morgan fingerprint density at radius 2 is 2.03 bits per heavy atom. The maximum Gasteiger partial charge on any atom is 0.254 e. The number of nitrogens with one attached hydrogen (secondary N) is 1. The minimum absolute atomic E-state index is 0.0168. The van der Waals surface area contributed by atoms with Crippen LogP contribution < -0.4 is 4.74 Å². The average Bonchev–Trinajstić information content (AvgIpc) is 3.29. The van der Waals surface area contributed by atoms with Crippen LogP contribution in [0, 0.1) is 11.6 Å². The van der Waals surface area contributed by atoms with Crippen LogP contribution in [0.4, 0.5) is 8.78 Å². The number of benzene rings is 2. The van der Waals surface area contributed by atoms with Crippen LogP contribution >= 0.6 is 0 Å². The van der Waals surface area contributed by atoms with Gasteiger partial charge in [0, 0.05) is 24.4 Å². The third-order valence-corrected chi connectivity index (χ3v) is 4.69. The third-order valence-electron chi connectivity index (χ3n) is 4.69. The molecule has 1 aliphatic heterocycles. The summed E-state index contributed by atoms with van der Waals surface area (Å²) in [5.74, 6) is -1.52. The Morgan fingerprint density at radius 1 is 1.21 bits per heavy atom. The minimum atomic E-state index is -0.646. The Labute approximate surface area is 166 Å². The number of amides is 1. The molecule has 1 amide bonds. The van der Waals surface area contributed by atoms with Gasteiger partial charge in [-0.2, -0.15) is 5.10 Å². The molecule has 0 aliphatic carbocycles. The van der Waals surface area contributed by atoms with E-state index in [2.05, 4.69) is 10.2 Å². The Bertz CT molecular complexity index is 977. The first-order chi connectivity index (χ1) is 14.1. The molecule has 1 saturated heterocycles. The molecule has 1 aromatic heterocycles. The summed E-state index contributed by atoms with van der Waals surface area (Å²) in [6.45, 7) is 1.12. The summed E-state index contributed by atoms with van der Waals surface area (Å²) in [7, 11) is 0. The lowest BCUT2D eigenvalue weighted by Crippen LogP contribution is -2.47. The molecule has 1 atom stereocenters. The first kappa shape index (κ1) is 19.1. The molecule has 4 rings (SSSR count). The van der Waals surface area contributed by atoms with Crippen molar-refractivity contribution in [1.29, 1.82) is 0 Å². The second-order valence-corrected chi connectivity index (χ2v) is 6.68. The van der Waals surface area contributed by atoms with Gasteiger partial charge in [0.15, 0.2) is 11.6 Å².